The van der Waals surface area contributed by atoms with Gasteiger partial charge in [0.1, 0.15) is 0 Å². The second kappa shape index (κ2) is 6.39. The van der Waals surface area contributed by atoms with Crippen LogP contribution in [-0.2, 0) is 4.74 Å². The summed E-state index contributed by atoms with van der Waals surface area (Å²) in [6.45, 7) is 4.43. The van der Waals surface area contributed by atoms with Crippen molar-refractivity contribution >= 4 is 0 Å². The van der Waals surface area contributed by atoms with E-state index < -0.39 is 0 Å². The van der Waals surface area contributed by atoms with Crippen LogP contribution in [0.5, 0.6) is 0 Å². The third kappa shape index (κ3) is 4.10. The van der Waals surface area contributed by atoms with Crippen molar-refractivity contribution in [2.24, 2.45) is 5.92 Å². The van der Waals surface area contributed by atoms with Crippen molar-refractivity contribution in [3.8, 4) is 0 Å². The molecular formula is C11H23NO. The lowest BCUT2D eigenvalue weighted by molar-refractivity contribution is 0.192. The minimum atomic E-state index is 0.794. The van der Waals surface area contributed by atoms with Gasteiger partial charge in [-0.05, 0) is 38.1 Å². The van der Waals surface area contributed by atoms with Crippen molar-refractivity contribution in [1.82, 2.24) is 5.32 Å². The number of rotatable bonds is 6. The molecule has 0 aliphatic heterocycles. The van der Waals surface area contributed by atoms with Crippen LogP contribution in [-0.4, -0.2) is 26.3 Å². The average Bonchev–Trinajstić information content (AvgIpc) is 2.52. The van der Waals surface area contributed by atoms with E-state index in [1.165, 1.54) is 38.6 Å². The summed E-state index contributed by atoms with van der Waals surface area (Å²) in [5.41, 5.74) is 0. The van der Waals surface area contributed by atoms with Gasteiger partial charge in [0.25, 0.3) is 0 Å². The molecule has 0 aromatic rings. The third-order valence-corrected chi connectivity index (χ3v) is 3.04. The molecule has 1 N–H and O–H groups in total. The van der Waals surface area contributed by atoms with Crippen molar-refractivity contribution in [1.29, 1.82) is 0 Å². The molecule has 0 amide bonds. The molecular weight excluding hydrogens is 162 g/mol. The molecule has 0 aromatic carbocycles. The zero-order valence-electron chi connectivity index (χ0n) is 9.01. The van der Waals surface area contributed by atoms with E-state index in [-0.39, 0.29) is 0 Å². The molecule has 1 aliphatic rings. The Labute approximate surface area is 82.0 Å². The van der Waals surface area contributed by atoms with E-state index in [1.807, 2.05) is 0 Å². The lowest BCUT2D eigenvalue weighted by atomic mass is 10.1. The minimum Gasteiger partial charge on any atom is -0.385 e. The van der Waals surface area contributed by atoms with Crippen molar-refractivity contribution in [3.05, 3.63) is 0 Å². The number of hydrogen-bond donors (Lipinski definition) is 1. The maximum absolute atomic E-state index is 5.01. The molecule has 0 aromatic heterocycles. The van der Waals surface area contributed by atoms with Gasteiger partial charge < -0.3 is 10.1 Å². The van der Waals surface area contributed by atoms with Gasteiger partial charge in [0, 0.05) is 19.8 Å². The fraction of sp³-hybridized carbons (Fsp3) is 1.00. The highest BCUT2D eigenvalue weighted by atomic mass is 16.5. The summed E-state index contributed by atoms with van der Waals surface area (Å²) in [6.07, 6.45) is 6.64. The molecule has 1 rings (SSSR count). The number of unbranched alkanes of at least 4 members (excludes halogenated alkanes) is 1. The Bertz CT molecular complexity index is 127. The minimum absolute atomic E-state index is 0.794. The lowest BCUT2D eigenvalue weighted by Gasteiger charge is -2.16. The second-order valence-electron chi connectivity index (χ2n) is 4.17. The van der Waals surface area contributed by atoms with Crippen molar-refractivity contribution in [3.63, 3.8) is 0 Å². The Morgan fingerprint density at radius 3 is 2.77 bits per heavy atom. The number of methoxy groups -OCH3 is 1. The van der Waals surface area contributed by atoms with Crippen molar-refractivity contribution in [2.75, 3.05) is 20.3 Å². The Morgan fingerprint density at radius 2 is 2.15 bits per heavy atom. The molecule has 0 bridgehead atoms. The summed E-state index contributed by atoms with van der Waals surface area (Å²) in [5, 5.41) is 3.63. The fourth-order valence-corrected chi connectivity index (χ4v) is 2.11. The highest BCUT2D eigenvalue weighted by Gasteiger charge is 2.21. The van der Waals surface area contributed by atoms with Crippen LogP contribution in [0.1, 0.15) is 39.0 Å². The SMILES string of the molecule is COCCCCNC1CCCC1C. The first-order valence-corrected chi connectivity index (χ1v) is 5.57. The molecule has 0 spiro atoms. The van der Waals surface area contributed by atoms with E-state index in [9.17, 15) is 0 Å². The normalized spacial score (nSPS) is 28.2. The Morgan fingerprint density at radius 1 is 1.31 bits per heavy atom. The zero-order valence-corrected chi connectivity index (χ0v) is 9.01. The molecule has 1 fully saturated rings. The molecule has 1 saturated carbocycles. The summed E-state index contributed by atoms with van der Waals surface area (Å²) in [5.74, 6) is 0.891. The standard InChI is InChI=1S/C11H23NO/c1-10-6-5-7-11(10)12-8-3-4-9-13-2/h10-12H,3-9H2,1-2H3. The maximum Gasteiger partial charge on any atom is 0.0462 e. The fourth-order valence-electron chi connectivity index (χ4n) is 2.11. The molecule has 0 radical (unpaired) electrons. The van der Waals surface area contributed by atoms with Gasteiger partial charge in [-0.25, -0.2) is 0 Å². The zero-order chi connectivity index (χ0) is 9.52. The van der Waals surface area contributed by atoms with Crippen LogP contribution in [0, 0.1) is 5.92 Å². The van der Waals surface area contributed by atoms with Crippen LogP contribution in [0.3, 0.4) is 0 Å². The number of nitrogens with one attached hydrogen (secondary N) is 1. The van der Waals surface area contributed by atoms with Crippen LogP contribution in [0.2, 0.25) is 0 Å². The van der Waals surface area contributed by atoms with Gasteiger partial charge >= 0.3 is 0 Å². The largest absolute Gasteiger partial charge is 0.385 e. The van der Waals surface area contributed by atoms with Gasteiger partial charge in [0.05, 0.1) is 0 Å². The van der Waals surface area contributed by atoms with E-state index in [1.54, 1.807) is 7.11 Å². The molecule has 2 atom stereocenters. The van der Waals surface area contributed by atoms with Crippen molar-refractivity contribution < 1.29 is 4.74 Å². The molecule has 2 nitrogen and oxygen atoms in total. The summed E-state index contributed by atoms with van der Waals surface area (Å²) in [7, 11) is 1.77. The third-order valence-electron chi connectivity index (χ3n) is 3.04. The van der Waals surface area contributed by atoms with Gasteiger partial charge in [-0.2, -0.15) is 0 Å². The molecule has 13 heavy (non-hydrogen) atoms. The van der Waals surface area contributed by atoms with E-state index in [2.05, 4.69) is 12.2 Å². The Hall–Kier alpha value is -0.0800. The molecule has 1 aliphatic carbocycles. The Kier molecular flexibility index (Phi) is 5.40. The van der Waals surface area contributed by atoms with Gasteiger partial charge in [0.2, 0.25) is 0 Å². The Balaban J connectivity index is 1.93. The predicted molar refractivity (Wildman–Crippen MR) is 55.9 cm³/mol. The first-order chi connectivity index (χ1) is 6.34. The van der Waals surface area contributed by atoms with E-state index in [0.29, 0.717) is 0 Å². The van der Waals surface area contributed by atoms with Crippen LogP contribution in [0.15, 0.2) is 0 Å². The van der Waals surface area contributed by atoms with Gasteiger partial charge in [-0.3, -0.25) is 0 Å². The first-order valence-electron chi connectivity index (χ1n) is 5.57. The molecule has 2 unspecified atom stereocenters. The molecule has 0 heterocycles. The molecule has 0 saturated heterocycles. The van der Waals surface area contributed by atoms with Gasteiger partial charge in [-0.1, -0.05) is 13.3 Å². The van der Waals surface area contributed by atoms with Crippen LogP contribution < -0.4 is 5.32 Å². The summed E-state index contributed by atoms with van der Waals surface area (Å²) in [6, 6.07) is 0.794. The van der Waals surface area contributed by atoms with E-state index in [4.69, 9.17) is 4.74 Å². The van der Waals surface area contributed by atoms with Gasteiger partial charge in [0.15, 0.2) is 0 Å². The number of hydrogen-bond acceptors (Lipinski definition) is 2. The highest BCUT2D eigenvalue weighted by Crippen LogP contribution is 2.24. The lowest BCUT2D eigenvalue weighted by Crippen LogP contribution is -2.31. The summed E-state index contributed by atoms with van der Waals surface area (Å²) < 4.78 is 5.01. The smallest absolute Gasteiger partial charge is 0.0462 e. The first kappa shape index (κ1) is 11.0. The van der Waals surface area contributed by atoms with Crippen molar-refractivity contribution in [2.45, 2.75) is 45.1 Å². The highest BCUT2D eigenvalue weighted by molar-refractivity contribution is 4.79. The molecule has 2 heteroatoms. The summed E-state index contributed by atoms with van der Waals surface area (Å²) in [4.78, 5) is 0. The topological polar surface area (TPSA) is 21.3 Å². The molecule has 78 valence electrons. The number of ether oxygens (including phenoxy) is 1. The van der Waals surface area contributed by atoms with E-state index in [0.717, 1.165) is 18.6 Å². The van der Waals surface area contributed by atoms with Crippen LogP contribution in [0.4, 0.5) is 0 Å². The summed E-state index contributed by atoms with van der Waals surface area (Å²) >= 11 is 0. The average molecular weight is 185 g/mol. The quantitative estimate of drug-likeness (QED) is 0.640. The van der Waals surface area contributed by atoms with Crippen LogP contribution >= 0.6 is 0 Å². The van der Waals surface area contributed by atoms with E-state index >= 15 is 0 Å². The van der Waals surface area contributed by atoms with Crippen LogP contribution in [0.25, 0.3) is 0 Å². The monoisotopic (exact) mass is 185 g/mol. The predicted octanol–water partition coefficient (Wildman–Crippen LogP) is 2.19. The maximum atomic E-state index is 5.01. The van der Waals surface area contributed by atoms with Gasteiger partial charge in [-0.15, -0.1) is 0 Å². The second-order valence-corrected chi connectivity index (χ2v) is 4.17.